The van der Waals surface area contributed by atoms with Crippen LogP contribution in [0.15, 0.2) is 0 Å². The monoisotopic (exact) mass is 236 g/mol. The molecule has 3 atom stereocenters. The zero-order chi connectivity index (χ0) is 12.2. The number of rotatable bonds is 1. The minimum Gasteiger partial charge on any atom is -0.297 e. The molecule has 4 heteroatoms. The lowest BCUT2D eigenvalue weighted by Crippen LogP contribution is -2.52. The molecule has 0 aromatic carbocycles. The molecule has 0 aromatic heterocycles. The van der Waals surface area contributed by atoms with E-state index in [0.29, 0.717) is 12.5 Å². The third-order valence-corrected chi connectivity index (χ3v) is 4.87. The Balaban J connectivity index is 1.85. The van der Waals surface area contributed by atoms with E-state index in [4.69, 9.17) is 0 Å². The molecule has 1 spiro atoms. The summed E-state index contributed by atoms with van der Waals surface area (Å²) in [7, 11) is 0. The lowest BCUT2D eigenvalue weighted by molar-refractivity contribution is -0.142. The van der Waals surface area contributed by atoms with Crippen molar-refractivity contribution in [2.45, 2.75) is 51.6 Å². The molecule has 3 aliphatic rings. The van der Waals surface area contributed by atoms with Gasteiger partial charge in [-0.2, -0.15) is 0 Å². The second-order valence-corrected chi connectivity index (χ2v) is 6.13. The zero-order valence-corrected chi connectivity index (χ0v) is 10.5. The predicted octanol–water partition coefficient (Wildman–Crippen LogP) is 0.912. The third-order valence-electron chi connectivity index (χ3n) is 4.87. The van der Waals surface area contributed by atoms with E-state index in [-0.39, 0.29) is 23.1 Å². The van der Waals surface area contributed by atoms with Crippen molar-refractivity contribution < 1.29 is 9.59 Å². The molecule has 2 heterocycles. The fraction of sp³-hybridized carbons (Fsp3) is 0.846. The van der Waals surface area contributed by atoms with E-state index < -0.39 is 0 Å². The first kappa shape index (κ1) is 11.2. The number of amides is 2. The third kappa shape index (κ3) is 1.69. The van der Waals surface area contributed by atoms with Crippen molar-refractivity contribution in [3.63, 3.8) is 0 Å². The Morgan fingerprint density at radius 3 is 2.65 bits per heavy atom. The van der Waals surface area contributed by atoms with Crippen molar-refractivity contribution in [2.75, 3.05) is 6.54 Å². The number of carbonyl (C=O) groups excluding carboxylic acids is 2. The Labute approximate surface area is 102 Å². The molecule has 0 radical (unpaired) electrons. The highest BCUT2D eigenvalue weighted by Gasteiger charge is 2.54. The lowest BCUT2D eigenvalue weighted by Gasteiger charge is -2.37. The summed E-state index contributed by atoms with van der Waals surface area (Å²) in [6.07, 6.45) is 4.08. The molecule has 3 fully saturated rings. The first-order chi connectivity index (χ1) is 8.02. The van der Waals surface area contributed by atoms with E-state index in [2.05, 4.69) is 17.1 Å². The summed E-state index contributed by atoms with van der Waals surface area (Å²) in [5.74, 6) is -0.199. The topological polar surface area (TPSA) is 49.4 Å². The summed E-state index contributed by atoms with van der Waals surface area (Å²) in [5.41, 5.74) is -0.0958. The van der Waals surface area contributed by atoms with Crippen LogP contribution in [0.2, 0.25) is 0 Å². The van der Waals surface area contributed by atoms with Gasteiger partial charge in [-0.1, -0.05) is 6.92 Å². The van der Waals surface area contributed by atoms with Gasteiger partial charge in [-0.3, -0.25) is 19.8 Å². The number of carbonyl (C=O) groups is 2. The van der Waals surface area contributed by atoms with Gasteiger partial charge in [0.25, 0.3) is 0 Å². The molecular formula is C13H20N2O2. The molecule has 3 rings (SSSR count). The number of hydrogen-bond acceptors (Lipinski definition) is 3. The van der Waals surface area contributed by atoms with Gasteiger partial charge in [0.2, 0.25) is 11.8 Å². The van der Waals surface area contributed by atoms with Gasteiger partial charge < -0.3 is 0 Å². The average molecular weight is 236 g/mol. The summed E-state index contributed by atoms with van der Waals surface area (Å²) >= 11 is 0. The van der Waals surface area contributed by atoms with Gasteiger partial charge in [-0.15, -0.1) is 0 Å². The van der Waals surface area contributed by atoms with Crippen LogP contribution >= 0.6 is 0 Å². The lowest BCUT2D eigenvalue weighted by atomic mass is 9.69. The van der Waals surface area contributed by atoms with Crippen LogP contribution in [0.4, 0.5) is 0 Å². The van der Waals surface area contributed by atoms with Gasteiger partial charge in [-0.05, 0) is 26.2 Å². The number of nitrogens with zero attached hydrogens (tertiary/aromatic N) is 1. The summed E-state index contributed by atoms with van der Waals surface area (Å²) < 4.78 is 0. The summed E-state index contributed by atoms with van der Waals surface area (Å²) in [5, 5.41) is 2.46. The predicted molar refractivity (Wildman–Crippen MR) is 63.2 cm³/mol. The Morgan fingerprint density at radius 1 is 1.29 bits per heavy atom. The standard InChI is InChI=1S/C13H20N2O2/c1-8-5-13(7-15(8)10-3-4-10)6-11(16)14-12(17)9(13)2/h8-10H,3-7H2,1-2H3,(H,14,16,17). The van der Waals surface area contributed by atoms with Crippen molar-refractivity contribution in [2.24, 2.45) is 11.3 Å². The van der Waals surface area contributed by atoms with Gasteiger partial charge in [0, 0.05) is 36.4 Å². The number of likely N-dealkylation sites (tertiary alicyclic amines) is 1. The quantitative estimate of drug-likeness (QED) is 0.689. The van der Waals surface area contributed by atoms with E-state index >= 15 is 0 Å². The molecule has 3 unspecified atom stereocenters. The van der Waals surface area contributed by atoms with Gasteiger partial charge in [-0.25, -0.2) is 0 Å². The smallest absolute Gasteiger partial charge is 0.230 e. The van der Waals surface area contributed by atoms with Crippen molar-refractivity contribution in [1.29, 1.82) is 0 Å². The molecule has 17 heavy (non-hydrogen) atoms. The second-order valence-electron chi connectivity index (χ2n) is 6.13. The molecule has 0 aromatic rings. The molecule has 1 saturated carbocycles. The van der Waals surface area contributed by atoms with E-state index in [9.17, 15) is 9.59 Å². The number of piperidine rings is 1. The minimum atomic E-state index is -0.0958. The first-order valence-corrected chi connectivity index (χ1v) is 6.61. The summed E-state index contributed by atoms with van der Waals surface area (Å²) in [4.78, 5) is 26.0. The van der Waals surface area contributed by atoms with Crippen LogP contribution in [0.1, 0.15) is 39.5 Å². The molecule has 1 aliphatic carbocycles. The SMILES string of the molecule is CC1CC2(CC(=O)NC(=O)C2C)CN1C1CC1. The van der Waals surface area contributed by atoms with E-state index in [1.54, 1.807) is 0 Å². The van der Waals surface area contributed by atoms with Crippen LogP contribution in [0.25, 0.3) is 0 Å². The number of hydrogen-bond donors (Lipinski definition) is 1. The summed E-state index contributed by atoms with van der Waals surface area (Å²) in [6, 6.07) is 1.24. The van der Waals surface area contributed by atoms with Crippen LogP contribution in [-0.4, -0.2) is 35.3 Å². The Morgan fingerprint density at radius 2 is 2.00 bits per heavy atom. The van der Waals surface area contributed by atoms with E-state index in [1.165, 1.54) is 12.8 Å². The van der Waals surface area contributed by atoms with E-state index in [0.717, 1.165) is 19.0 Å². The molecule has 0 bridgehead atoms. The highest BCUT2D eigenvalue weighted by molar-refractivity contribution is 5.99. The van der Waals surface area contributed by atoms with Gasteiger partial charge in [0.15, 0.2) is 0 Å². The number of imide groups is 1. The van der Waals surface area contributed by atoms with Crippen molar-refractivity contribution in [3.05, 3.63) is 0 Å². The Bertz CT molecular complexity index is 378. The van der Waals surface area contributed by atoms with Crippen molar-refractivity contribution in [3.8, 4) is 0 Å². The van der Waals surface area contributed by atoms with Crippen molar-refractivity contribution >= 4 is 11.8 Å². The van der Waals surface area contributed by atoms with Crippen LogP contribution in [0, 0.1) is 11.3 Å². The van der Waals surface area contributed by atoms with Crippen LogP contribution in [0.5, 0.6) is 0 Å². The molecular weight excluding hydrogens is 216 g/mol. The fourth-order valence-electron chi connectivity index (χ4n) is 3.67. The van der Waals surface area contributed by atoms with E-state index in [1.807, 2.05) is 6.92 Å². The minimum absolute atomic E-state index is 0.0357. The van der Waals surface area contributed by atoms with Crippen LogP contribution < -0.4 is 5.32 Å². The highest BCUT2D eigenvalue weighted by atomic mass is 16.2. The van der Waals surface area contributed by atoms with Crippen LogP contribution in [0.3, 0.4) is 0 Å². The molecule has 2 saturated heterocycles. The maximum atomic E-state index is 11.8. The van der Waals surface area contributed by atoms with Gasteiger partial charge >= 0.3 is 0 Å². The van der Waals surface area contributed by atoms with Crippen LogP contribution in [-0.2, 0) is 9.59 Å². The Kier molecular flexibility index (Phi) is 2.34. The fourth-order valence-corrected chi connectivity index (χ4v) is 3.67. The maximum Gasteiger partial charge on any atom is 0.230 e. The second kappa shape index (κ2) is 3.55. The maximum absolute atomic E-state index is 11.8. The van der Waals surface area contributed by atoms with Crippen molar-refractivity contribution in [1.82, 2.24) is 10.2 Å². The van der Waals surface area contributed by atoms with Gasteiger partial charge in [0.05, 0.1) is 0 Å². The molecule has 4 nitrogen and oxygen atoms in total. The molecule has 94 valence electrons. The molecule has 2 aliphatic heterocycles. The zero-order valence-electron chi connectivity index (χ0n) is 10.5. The average Bonchev–Trinajstić information content (AvgIpc) is 3.02. The van der Waals surface area contributed by atoms with Gasteiger partial charge in [0.1, 0.15) is 0 Å². The highest BCUT2D eigenvalue weighted by Crippen LogP contribution is 2.48. The molecule has 2 amide bonds. The first-order valence-electron chi connectivity index (χ1n) is 6.61. The summed E-state index contributed by atoms with van der Waals surface area (Å²) in [6.45, 7) is 5.14. The largest absolute Gasteiger partial charge is 0.297 e. The molecule has 1 N–H and O–H groups in total. The Hall–Kier alpha value is -0.900. The number of nitrogens with one attached hydrogen (secondary N) is 1. The normalized spacial score (nSPS) is 43.2.